The van der Waals surface area contributed by atoms with Crippen molar-refractivity contribution in [2.45, 2.75) is 19.8 Å². The van der Waals surface area contributed by atoms with Crippen LogP contribution >= 0.6 is 34.2 Å². The molecule has 0 aliphatic heterocycles. The number of hydrogen-bond donors (Lipinski definition) is 2. The summed E-state index contributed by atoms with van der Waals surface area (Å²) in [4.78, 5) is 11.8. The molecule has 0 spiro atoms. The Hall–Kier alpha value is -0.330. The molecule has 0 aliphatic carbocycles. The van der Waals surface area contributed by atoms with Gasteiger partial charge in [0.2, 0.25) is 5.91 Å². The van der Waals surface area contributed by atoms with Crippen molar-refractivity contribution in [3.63, 3.8) is 0 Å². The van der Waals surface area contributed by atoms with E-state index in [0.29, 0.717) is 17.3 Å². The van der Waals surface area contributed by atoms with Gasteiger partial charge in [-0.2, -0.15) is 0 Å². The van der Waals surface area contributed by atoms with Crippen molar-refractivity contribution >= 4 is 45.8 Å². The van der Waals surface area contributed by atoms with Gasteiger partial charge in [-0.15, -0.1) is 0 Å². The lowest BCUT2D eigenvalue weighted by molar-refractivity contribution is -0.119. The van der Waals surface area contributed by atoms with E-state index in [2.05, 4.69) is 27.9 Å². The van der Waals surface area contributed by atoms with E-state index in [1.165, 1.54) is 0 Å². The normalized spacial score (nSPS) is 12.2. The van der Waals surface area contributed by atoms with Crippen LogP contribution in [0.2, 0.25) is 5.02 Å². The van der Waals surface area contributed by atoms with Crippen LogP contribution in [0.3, 0.4) is 0 Å². The van der Waals surface area contributed by atoms with Gasteiger partial charge in [0.1, 0.15) is 0 Å². The maximum Gasteiger partial charge on any atom is 0.227 e. The Kier molecular flexibility index (Phi) is 6.22. The molecule has 3 nitrogen and oxygen atoms in total. The van der Waals surface area contributed by atoms with Crippen molar-refractivity contribution in [2.75, 3.05) is 11.9 Å². The molecule has 3 N–H and O–H groups in total. The Bertz CT molecular complexity index is 398. The van der Waals surface area contributed by atoms with Crippen molar-refractivity contribution in [3.05, 3.63) is 26.8 Å². The minimum atomic E-state index is -0.0473. The van der Waals surface area contributed by atoms with Crippen molar-refractivity contribution in [1.29, 1.82) is 0 Å². The number of nitrogens with one attached hydrogen (secondary N) is 1. The van der Waals surface area contributed by atoms with Crippen LogP contribution in [0.4, 0.5) is 5.69 Å². The molecule has 17 heavy (non-hydrogen) atoms. The van der Waals surface area contributed by atoms with E-state index in [1.807, 2.05) is 25.1 Å². The van der Waals surface area contributed by atoms with Crippen LogP contribution in [-0.4, -0.2) is 12.5 Å². The number of carbonyl (C=O) groups excluding carboxylic acids is 1. The summed E-state index contributed by atoms with van der Waals surface area (Å²) in [5.41, 5.74) is 6.08. The molecule has 1 amide bonds. The van der Waals surface area contributed by atoms with Gasteiger partial charge in [0.25, 0.3) is 0 Å². The molecule has 1 aromatic carbocycles. The molecule has 1 rings (SSSR count). The number of nitrogens with two attached hydrogens (primary N) is 1. The molecule has 0 radical (unpaired) electrons. The third-order valence-corrected chi connectivity index (χ3v) is 3.46. The minimum absolute atomic E-state index is 0.0124. The molecule has 0 aromatic heterocycles. The topological polar surface area (TPSA) is 55.1 Å². The number of hydrogen-bond acceptors (Lipinski definition) is 2. The summed E-state index contributed by atoms with van der Waals surface area (Å²) >= 11 is 8.22. The Labute approximate surface area is 120 Å². The maximum absolute atomic E-state index is 11.8. The smallest absolute Gasteiger partial charge is 0.227 e. The molecule has 0 fully saturated rings. The molecule has 0 heterocycles. The van der Waals surface area contributed by atoms with Gasteiger partial charge in [-0.05, 0) is 60.2 Å². The van der Waals surface area contributed by atoms with Crippen LogP contribution in [-0.2, 0) is 4.79 Å². The maximum atomic E-state index is 11.8. The third kappa shape index (κ3) is 4.81. The Morgan fingerprint density at radius 3 is 2.88 bits per heavy atom. The van der Waals surface area contributed by atoms with Gasteiger partial charge in [-0.1, -0.05) is 18.5 Å². The van der Waals surface area contributed by atoms with Gasteiger partial charge >= 0.3 is 0 Å². The fourth-order valence-electron chi connectivity index (χ4n) is 1.40. The van der Waals surface area contributed by atoms with Crippen molar-refractivity contribution < 1.29 is 4.79 Å². The van der Waals surface area contributed by atoms with Gasteiger partial charge in [0.15, 0.2) is 0 Å². The number of halogens is 2. The minimum Gasteiger partial charge on any atom is -0.330 e. The predicted molar refractivity (Wildman–Crippen MR) is 80.3 cm³/mol. The van der Waals surface area contributed by atoms with E-state index < -0.39 is 0 Å². The molecule has 0 saturated heterocycles. The van der Waals surface area contributed by atoms with Gasteiger partial charge in [-0.3, -0.25) is 4.79 Å². The zero-order valence-corrected chi connectivity index (χ0v) is 12.6. The number of amides is 1. The van der Waals surface area contributed by atoms with Crippen LogP contribution in [0.5, 0.6) is 0 Å². The van der Waals surface area contributed by atoms with Gasteiger partial charge in [0.05, 0.1) is 10.7 Å². The van der Waals surface area contributed by atoms with E-state index >= 15 is 0 Å². The van der Waals surface area contributed by atoms with Gasteiger partial charge in [-0.25, -0.2) is 0 Å². The van der Waals surface area contributed by atoms with Crippen LogP contribution in [0.1, 0.15) is 19.8 Å². The first-order chi connectivity index (χ1) is 8.04. The van der Waals surface area contributed by atoms with Gasteiger partial charge < -0.3 is 11.1 Å². The second-order valence-electron chi connectivity index (χ2n) is 3.95. The summed E-state index contributed by atoms with van der Waals surface area (Å²) in [6.45, 7) is 2.51. The summed E-state index contributed by atoms with van der Waals surface area (Å²) < 4.78 is 1.04. The molecule has 5 heteroatoms. The molecule has 0 aliphatic rings. The van der Waals surface area contributed by atoms with Crippen molar-refractivity contribution in [1.82, 2.24) is 0 Å². The Balaban J connectivity index is 2.61. The summed E-state index contributed by atoms with van der Waals surface area (Å²) in [6, 6.07) is 5.55. The van der Waals surface area contributed by atoms with E-state index in [9.17, 15) is 4.79 Å². The fourth-order valence-corrected chi connectivity index (χ4v) is 2.30. The van der Waals surface area contributed by atoms with Crippen LogP contribution < -0.4 is 11.1 Å². The largest absolute Gasteiger partial charge is 0.330 e. The van der Waals surface area contributed by atoms with Gasteiger partial charge in [0, 0.05) is 9.49 Å². The zero-order chi connectivity index (χ0) is 12.8. The molecule has 94 valence electrons. The molecule has 1 unspecified atom stereocenters. The highest BCUT2D eigenvalue weighted by molar-refractivity contribution is 14.1. The first-order valence-corrected chi connectivity index (χ1v) is 6.96. The SMILES string of the molecule is CC(CCCN)C(=O)Nc1ccc(I)cc1Cl. The summed E-state index contributed by atoms with van der Waals surface area (Å²) in [5, 5.41) is 3.40. The zero-order valence-electron chi connectivity index (χ0n) is 9.67. The average molecular weight is 367 g/mol. The second-order valence-corrected chi connectivity index (χ2v) is 5.60. The highest BCUT2D eigenvalue weighted by atomic mass is 127. The Morgan fingerprint density at radius 2 is 2.29 bits per heavy atom. The van der Waals surface area contributed by atoms with Crippen molar-refractivity contribution in [3.8, 4) is 0 Å². The summed E-state index contributed by atoms with van der Waals surface area (Å²) in [5.74, 6) is -0.0598. The quantitative estimate of drug-likeness (QED) is 0.786. The lowest BCUT2D eigenvalue weighted by atomic mass is 10.0. The molecule has 0 bridgehead atoms. The number of anilines is 1. The lowest BCUT2D eigenvalue weighted by Gasteiger charge is -2.12. The average Bonchev–Trinajstić information content (AvgIpc) is 2.29. The molecule has 1 atom stereocenters. The first kappa shape index (κ1) is 14.7. The number of rotatable bonds is 5. The van der Waals surface area contributed by atoms with Crippen molar-refractivity contribution in [2.24, 2.45) is 11.7 Å². The molecule has 0 saturated carbocycles. The fraction of sp³-hybridized carbons (Fsp3) is 0.417. The first-order valence-electron chi connectivity index (χ1n) is 5.50. The highest BCUT2D eigenvalue weighted by Gasteiger charge is 2.13. The predicted octanol–water partition coefficient (Wildman–Crippen LogP) is 3.26. The van der Waals surface area contributed by atoms with Crippen LogP contribution in [0.15, 0.2) is 18.2 Å². The second kappa shape index (κ2) is 7.18. The van der Waals surface area contributed by atoms with Crippen LogP contribution in [0, 0.1) is 9.49 Å². The van der Waals surface area contributed by atoms with E-state index in [-0.39, 0.29) is 11.8 Å². The lowest BCUT2D eigenvalue weighted by Crippen LogP contribution is -2.21. The third-order valence-electron chi connectivity index (χ3n) is 2.48. The summed E-state index contributed by atoms with van der Waals surface area (Å²) in [7, 11) is 0. The monoisotopic (exact) mass is 366 g/mol. The summed E-state index contributed by atoms with van der Waals surface area (Å²) in [6.07, 6.45) is 1.65. The molecule has 1 aromatic rings. The Morgan fingerprint density at radius 1 is 1.59 bits per heavy atom. The molecular weight excluding hydrogens is 351 g/mol. The van der Waals surface area contributed by atoms with Crippen LogP contribution in [0.25, 0.3) is 0 Å². The number of carbonyl (C=O) groups is 1. The number of benzene rings is 1. The van der Waals surface area contributed by atoms with E-state index in [1.54, 1.807) is 0 Å². The highest BCUT2D eigenvalue weighted by Crippen LogP contribution is 2.24. The van der Waals surface area contributed by atoms with E-state index in [4.69, 9.17) is 17.3 Å². The standard InChI is InChI=1S/C12H16ClIN2O/c1-8(3-2-6-15)12(17)16-11-5-4-9(14)7-10(11)13/h4-5,7-8H,2-3,6,15H2,1H3,(H,16,17). The van der Waals surface area contributed by atoms with E-state index in [0.717, 1.165) is 16.4 Å². The molecular formula is C12H16ClIN2O.